The lowest BCUT2D eigenvalue weighted by Gasteiger charge is -2.27. The Bertz CT molecular complexity index is 321. The van der Waals surface area contributed by atoms with Crippen molar-refractivity contribution in [2.24, 2.45) is 5.73 Å². The van der Waals surface area contributed by atoms with Gasteiger partial charge in [-0.15, -0.1) is 0 Å². The molecule has 2 rings (SSSR count). The molecule has 6 nitrogen and oxygen atoms in total. The number of piperidine rings is 1. The number of hydrogen-bond acceptors (Lipinski definition) is 3. The Labute approximate surface area is 101 Å². The first kappa shape index (κ1) is 12.2. The van der Waals surface area contributed by atoms with Gasteiger partial charge in [0.2, 0.25) is 5.91 Å². The summed E-state index contributed by atoms with van der Waals surface area (Å²) in [6.45, 7) is 3.17. The summed E-state index contributed by atoms with van der Waals surface area (Å²) in [5.41, 5.74) is 5.29. The smallest absolute Gasteiger partial charge is 0.345 e. The Kier molecular flexibility index (Phi) is 3.51. The number of rotatable bonds is 5. The number of primary amides is 1. The van der Waals surface area contributed by atoms with Crippen molar-refractivity contribution in [3.63, 3.8) is 0 Å². The van der Waals surface area contributed by atoms with Crippen molar-refractivity contribution >= 4 is 11.9 Å². The van der Waals surface area contributed by atoms with Crippen LogP contribution >= 0.6 is 0 Å². The third kappa shape index (κ3) is 2.22. The van der Waals surface area contributed by atoms with E-state index in [1.54, 1.807) is 0 Å². The largest absolute Gasteiger partial charge is 0.368 e. The predicted octanol–water partition coefficient (Wildman–Crippen LogP) is 0.472. The molecule has 2 fully saturated rings. The number of amides is 3. The van der Waals surface area contributed by atoms with Gasteiger partial charge in [0.25, 0.3) is 0 Å². The second kappa shape index (κ2) is 4.91. The molecule has 96 valence electrons. The molecule has 2 aliphatic rings. The minimum Gasteiger partial charge on any atom is -0.368 e. The fourth-order valence-corrected chi connectivity index (χ4v) is 2.40. The number of hydrogen-bond donors (Lipinski definition) is 1. The molecule has 3 amide bonds. The van der Waals surface area contributed by atoms with Crippen LogP contribution in [0.3, 0.4) is 0 Å². The molecule has 0 spiro atoms. The van der Waals surface area contributed by atoms with Gasteiger partial charge in [0.15, 0.2) is 0 Å². The third-order valence-electron chi connectivity index (χ3n) is 3.38. The van der Waals surface area contributed by atoms with Gasteiger partial charge < -0.3 is 10.6 Å². The van der Waals surface area contributed by atoms with Gasteiger partial charge in [-0.1, -0.05) is 13.3 Å². The van der Waals surface area contributed by atoms with Gasteiger partial charge >= 0.3 is 6.03 Å². The van der Waals surface area contributed by atoms with E-state index < -0.39 is 11.9 Å². The highest BCUT2D eigenvalue weighted by Crippen LogP contribution is 2.29. The SMILES string of the molecule is CCCCON1C(=O)N2C[C@@H]1CC[C@H]2C(N)=O. The summed E-state index contributed by atoms with van der Waals surface area (Å²) in [5, 5.41) is 1.43. The van der Waals surface area contributed by atoms with Crippen LogP contribution in [0.4, 0.5) is 4.79 Å². The number of hydroxylamine groups is 2. The fourth-order valence-electron chi connectivity index (χ4n) is 2.40. The Morgan fingerprint density at radius 1 is 1.53 bits per heavy atom. The Hall–Kier alpha value is -1.30. The Morgan fingerprint density at radius 3 is 2.94 bits per heavy atom. The number of carbonyl (C=O) groups excluding carboxylic acids is 2. The van der Waals surface area contributed by atoms with Gasteiger partial charge in [-0.3, -0.25) is 9.63 Å². The Balaban J connectivity index is 1.99. The topological polar surface area (TPSA) is 75.9 Å². The van der Waals surface area contributed by atoms with Crippen molar-refractivity contribution in [3.05, 3.63) is 0 Å². The van der Waals surface area contributed by atoms with E-state index in [0.29, 0.717) is 19.6 Å². The van der Waals surface area contributed by atoms with Crippen molar-refractivity contribution in [3.8, 4) is 0 Å². The van der Waals surface area contributed by atoms with Crippen molar-refractivity contribution < 1.29 is 14.4 Å². The number of urea groups is 1. The van der Waals surface area contributed by atoms with Crippen molar-refractivity contribution in [1.82, 2.24) is 9.96 Å². The lowest BCUT2D eigenvalue weighted by Crippen LogP contribution is -2.47. The number of carbonyl (C=O) groups is 2. The summed E-state index contributed by atoms with van der Waals surface area (Å²) < 4.78 is 0. The number of nitrogens with zero attached hydrogens (tertiary/aromatic N) is 2. The molecule has 2 saturated heterocycles. The van der Waals surface area contributed by atoms with Crippen molar-refractivity contribution in [1.29, 1.82) is 0 Å². The highest BCUT2D eigenvalue weighted by atomic mass is 16.7. The molecule has 0 radical (unpaired) electrons. The van der Waals surface area contributed by atoms with Gasteiger partial charge in [-0.05, 0) is 19.3 Å². The quantitative estimate of drug-likeness (QED) is 0.711. The van der Waals surface area contributed by atoms with Crippen LogP contribution < -0.4 is 5.73 Å². The minimum atomic E-state index is -0.460. The first-order valence-corrected chi connectivity index (χ1v) is 6.17. The maximum atomic E-state index is 12.0. The van der Waals surface area contributed by atoms with E-state index in [4.69, 9.17) is 10.6 Å². The molecule has 0 unspecified atom stereocenters. The predicted molar refractivity (Wildman–Crippen MR) is 60.8 cm³/mol. The van der Waals surface area contributed by atoms with E-state index in [2.05, 4.69) is 6.92 Å². The van der Waals surface area contributed by atoms with Crippen molar-refractivity contribution in [2.75, 3.05) is 13.2 Å². The maximum absolute atomic E-state index is 12.0. The van der Waals surface area contributed by atoms with E-state index in [1.165, 1.54) is 9.96 Å². The summed E-state index contributed by atoms with van der Waals surface area (Å²) in [4.78, 5) is 30.3. The first-order chi connectivity index (χ1) is 8.15. The Morgan fingerprint density at radius 2 is 2.29 bits per heavy atom. The number of unbranched alkanes of at least 4 members (excludes halogenated alkanes) is 1. The summed E-state index contributed by atoms with van der Waals surface area (Å²) >= 11 is 0. The second-order valence-corrected chi connectivity index (χ2v) is 4.60. The fraction of sp³-hybridized carbons (Fsp3) is 0.818. The maximum Gasteiger partial charge on any atom is 0.345 e. The summed E-state index contributed by atoms with van der Waals surface area (Å²) in [5.74, 6) is -0.424. The van der Waals surface area contributed by atoms with Crippen LogP contribution in [0.2, 0.25) is 0 Å². The molecule has 6 heteroatoms. The van der Waals surface area contributed by atoms with Crippen LogP contribution in [0.5, 0.6) is 0 Å². The van der Waals surface area contributed by atoms with Crippen LogP contribution in [-0.2, 0) is 9.63 Å². The van der Waals surface area contributed by atoms with Gasteiger partial charge in [0, 0.05) is 6.54 Å². The van der Waals surface area contributed by atoms with Gasteiger partial charge in [-0.2, -0.15) is 5.06 Å². The molecule has 0 aromatic heterocycles. The van der Waals surface area contributed by atoms with E-state index in [-0.39, 0.29) is 12.1 Å². The van der Waals surface area contributed by atoms with Crippen molar-refractivity contribution in [2.45, 2.75) is 44.7 Å². The molecule has 2 bridgehead atoms. The molecule has 0 aromatic carbocycles. The standard InChI is InChI=1S/C11H19N3O3/c1-2-3-6-17-14-8-4-5-9(10(12)15)13(7-8)11(14)16/h8-9H,2-7H2,1H3,(H2,12,15)/t8-,9-/m0/s1. The van der Waals surface area contributed by atoms with Crippen LogP contribution in [0.25, 0.3) is 0 Å². The monoisotopic (exact) mass is 241 g/mol. The molecule has 17 heavy (non-hydrogen) atoms. The molecule has 0 saturated carbocycles. The molecule has 2 heterocycles. The molecular formula is C11H19N3O3. The zero-order chi connectivity index (χ0) is 12.4. The minimum absolute atomic E-state index is 0.0787. The van der Waals surface area contributed by atoms with Gasteiger partial charge in [0.05, 0.1) is 12.6 Å². The van der Waals surface area contributed by atoms with Gasteiger partial charge in [0.1, 0.15) is 6.04 Å². The average molecular weight is 241 g/mol. The molecule has 0 aliphatic carbocycles. The van der Waals surface area contributed by atoms with E-state index in [1.807, 2.05) is 0 Å². The van der Waals surface area contributed by atoms with E-state index >= 15 is 0 Å². The lowest BCUT2D eigenvalue weighted by molar-refractivity contribution is -0.131. The molecular weight excluding hydrogens is 222 g/mol. The normalized spacial score (nSPS) is 27.7. The van der Waals surface area contributed by atoms with Crippen LogP contribution in [-0.4, -0.2) is 47.1 Å². The highest BCUT2D eigenvalue weighted by Gasteiger charge is 2.47. The number of nitrogens with two attached hydrogens (primary N) is 1. The zero-order valence-electron chi connectivity index (χ0n) is 10.1. The molecule has 2 aliphatic heterocycles. The molecule has 2 atom stereocenters. The summed E-state index contributed by atoms with van der Waals surface area (Å²) in [6, 6.07) is -0.596. The van der Waals surface area contributed by atoms with Gasteiger partial charge in [-0.25, -0.2) is 4.79 Å². The summed E-state index contributed by atoms with van der Waals surface area (Å²) in [6.07, 6.45) is 3.37. The first-order valence-electron chi connectivity index (χ1n) is 6.17. The van der Waals surface area contributed by atoms with E-state index in [0.717, 1.165) is 19.3 Å². The average Bonchev–Trinajstić information content (AvgIpc) is 2.54. The highest BCUT2D eigenvalue weighted by molar-refractivity contribution is 5.87. The second-order valence-electron chi connectivity index (χ2n) is 4.60. The summed E-state index contributed by atoms with van der Waals surface area (Å²) in [7, 11) is 0. The van der Waals surface area contributed by atoms with Crippen LogP contribution in [0, 0.1) is 0 Å². The lowest BCUT2D eigenvalue weighted by atomic mass is 10.0. The third-order valence-corrected chi connectivity index (χ3v) is 3.38. The van der Waals surface area contributed by atoms with E-state index in [9.17, 15) is 9.59 Å². The molecule has 0 aromatic rings. The van der Waals surface area contributed by atoms with Crippen LogP contribution in [0.1, 0.15) is 32.6 Å². The number of fused-ring (bicyclic) bond motifs is 2. The van der Waals surface area contributed by atoms with Crippen LogP contribution in [0.15, 0.2) is 0 Å². The molecule has 2 N–H and O–H groups in total. The zero-order valence-corrected chi connectivity index (χ0v) is 10.1.